The maximum absolute atomic E-state index is 13.3. The molecule has 0 radical (unpaired) electrons. The molecule has 2 unspecified atom stereocenters. The van der Waals surface area contributed by atoms with Gasteiger partial charge in [-0.05, 0) is 26.2 Å². The Morgan fingerprint density at radius 2 is 1.81 bits per heavy atom. The van der Waals surface area contributed by atoms with Crippen LogP contribution in [0.5, 0.6) is 0 Å². The number of rotatable bonds is 4. The van der Waals surface area contributed by atoms with Gasteiger partial charge in [0.1, 0.15) is 29.5 Å². The summed E-state index contributed by atoms with van der Waals surface area (Å²) in [6, 6.07) is 4.01. The minimum Gasteiger partial charge on any atom is -0.352 e. The second kappa shape index (κ2) is 5.82. The lowest BCUT2D eigenvalue weighted by Gasteiger charge is -2.57. The van der Waals surface area contributed by atoms with Gasteiger partial charge in [0.25, 0.3) is 6.43 Å². The molecule has 4 fully saturated rings. The highest BCUT2D eigenvalue weighted by Crippen LogP contribution is 2.42. The van der Waals surface area contributed by atoms with Gasteiger partial charge < -0.3 is 9.80 Å². The van der Waals surface area contributed by atoms with Crippen molar-refractivity contribution in [1.82, 2.24) is 19.9 Å². The van der Waals surface area contributed by atoms with Crippen LogP contribution in [0.1, 0.15) is 48.8 Å². The molecule has 26 heavy (non-hydrogen) atoms. The average molecular weight is 358 g/mol. The Morgan fingerprint density at radius 3 is 2.46 bits per heavy atom. The zero-order valence-corrected chi connectivity index (χ0v) is 14.5. The van der Waals surface area contributed by atoms with Crippen molar-refractivity contribution in [2.75, 3.05) is 22.9 Å². The Kier molecular flexibility index (Phi) is 3.55. The number of aromatic nitrogens is 4. The van der Waals surface area contributed by atoms with Crippen molar-refractivity contribution in [3.8, 4) is 0 Å². The highest BCUT2D eigenvalue weighted by molar-refractivity contribution is 5.53. The molecule has 0 N–H and O–H groups in total. The third-order valence-corrected chi connectivity index (χ3v) is 5.49. The van der Waals surface area contributed by atoms with Crippen molar-refractivity contribution in [2.24, 2.45) is 0 Å². The zero-order chi connectivity index (χ0) is 17.8. The van der Waals surface area contributed by atoms with Crippen molar-refractivity contribution in [3.63, 3.8) is 0 Å². The molecule has 2 aromatic heterocycles. The molecule has 3 aliphatic heterocycles. The summed E-state index contributed by atoms with van der Waals surface area (Å²) < 4.78 is 26.6. The van der Waals surface area contributed by atoms with E-state index in [-0.39, 0.29) is 23.7 Å². The quantitative estimate of drug-likeness (QED) is 0.838. The zero-order valence-electron chi connectivity index (χ0n) is 14.5. The van der Waals surface area contributed by atoms with Gasteiger partial charge in [0.2, 0.25) is 0 Å². The third kappa shape index (κ3) is 2.68. The minimum atomic E-state index is -2.56. The van der Waals surface area contributed by atoms with Gasteiger partial charge in [-0.1, -0.05) is 0 Å². The molecule has 6 rings (SSSR count). The Bertz CT molecular complexity index is 808. The Morgan fingerprint density at radius 1 is 1.04 bits per heavy atom. The van der Waals surface area contributed by atoms with E-state index in [1.807, 2.05) is 13.0 Å². The minimum absolute atomic E-state index is 0.148. The molecule has 4 aliphatic rings. The van der Waals surface area contributed by atoms with Gasteiger partial charge in [0.05, 0.1) is 12.1 Å². The number of hydrogen-bond acceptors (Lipinski definition) is 6. The van der Waals surface area contributed by atoms with Gasteiger partial charge in [0, 0.05) is 36.8 Å². The monoisotopic (exact) mass is 358 g/mol. The predicted octanol–water partition coefficient (Wildman–Crippen LogP) is 2.86. The van der Waals surface area contributed by atoms with Crippen molar-refractivity contribution in [1.29, 1.82) is 0 Å². The van der Waals surface area contributed by atoms with Crippen molar-refractivity contribution < 1.29 is 8.78 Å². The number of alkyl halides is 2. The second-order valence-corrected chi connectivity index (χ2v) is 7.46. The van der Waals surface area contributed by atoms with Crippen LogP contribution in [0, 0.1) is 6.92 Å². The number of halogens is 2. The molecule has 3 saturated heterocycles. The van der Waals surface area contributed by atoms with Crippen LogP contribution in [0.2, 0.25) is 0 Å². The number of nitrogens with zero attached hydrogens (tertiary/aromatic N) is 6. The summed E-state index contributed by atoms with van der Waals surface area (Å²) in [5, 5.41) is 0. The van der Waals surface area contributed by atoms with E-state index < -0.39 is 6.43 Å². The number of hydrogen-bond donors (Lipinski definition) is 0. The lowest BCUT2D eigenvalue weighted by atomic mass is 9.87. The van der Waals surface area contributed by atoms with Gasteiger partial charge in [-0.2, -0.15) is 0 Å². The summed E-state index contributed by atoms with van der Waals surface area (Å²) in [6.45, 7) is 3.59. The number of aryl methyl sites for hydroxylation is 1. The summed E-state index contributed by atoms with van der Waals surface area (Å²) >= 11 is 0. The Labute approximate surface area is 150 Å². The molecular formula is C18H20F2N6. The van der Waals surface area contributed by atoms with E-state index in [0.29, 0.717) is 11.6 Å². The second-order valence-electron chi connectivity index (χ2n) is 7.46. The van der Waals surface area contributed by atoms with Gasteiger partial charge in [-0.15, -0.1) is 0 Å². The number of fused-ring (bicyclic) bond motifs is 2. The molecule has 1 aliphatic carbocycles. The molecule has 2 bridgehead atoms. The standard InChI is InChI=1S/C18H20F2N6/c1-10-4-15(22-9-21-10)25-7-12-5-13(8-25)26(12)16-6-14(17(19)20)23-18(24-16)11-2-3-11/h4,6,9,11-13,17H,2-3,5,7-8H2,1H3. The fourth-order valence-electron chi connectivity index (χ4n) is 4.02. The van der Waals surface area contributed by atoms with Crippen LogP contribution in [0.25, 0.3) is 0 Å². The van der Waals surface area contributed by atoms with Crippen LogP contribution in [0.3, 0.4) is 0 Å². The summed E-state index contributed by atoms with van der Waals surface area (Å²) in [5.41, 5.74) is 0.794. The maximum atomic E-state index is 13.3. The number of anilines is 2. The first-order chi connectivity index (χ1) is 12.6. The topological polar surface area (TPSA) is 58.0 Å². The molecule has 8 heteroatoms. The highest BCUT2D eigenvalue weighted by atomic mass is 19.3. The van der Waals surface area contributed by atoms with Crippen molar-refractivity contribution in [2.45, 2.75) is 50.6 Å². The van der Waals surface area contributed by atoms with Crippen LogP contribution >= 0.6 is 0 Å². The summed E-state index contributed by atoms with van der Waals surface area (Å²) in [5.74, 6) is 2.44. The molecule has 0 amide bonds. The summed E-state index contributed by atoms with van der Waals surface area (Å²) in [6.07, 6.45) is 2.09. The van der Waals surface area contributed by atoms with Gasteiger partial charge >= 0.3 is 0 Å². The third-order valence-electron chi connectivity index (χ3n) is 5.49. The molecule has 0 spiro atoms. The molecule has 1 saturated carbocycles. The van der Waals surface area contributed by atoms with Crippen LogP contribution < -0.4 is 9.80 Å². The molecular weight excluding hydrogens is 338 g/mol. The first-order valence-corrected chi connectivity index (χ1v) is 9.07. The SMILES string of the molecule is Cc1cc(N2CC3CC(C2)N3c2cc(C(F)F)nc(C3CC3)n2)ncn1. The normalized spacial score (nSPS) is 24.8. The average Bonchev–Trinajstić information content (AvgIpc) is 3.46. The predicted molar refractivity (Wildman–Crippen MR) is 92.6 cm³/mol. The summed E-state index contributed by atoms with van der Waals surface area (Å²) in [7, 11) is 0. The fraction of sp³-hybridized carbons (Fsp3) is 0.556. The van der Waals surface area contributed by atoms with E-state index in [4.69, 9.17) is 0 Å². The molecule has 2 atom stereocenters. The van der Waals surface area contributed by atoms with E-state index in [1.54, 1.807) is 6.33 Å². The molecule has 2 aromatic rings. The fourth-order valence-corrected chi connectivity index (χ4v) is 4.02. The van der Waals surface area contributed by atoms with Crippen LogP contribution in [-0.4, -0.2) is 45.1 Å². The maximum Gasteiger partial charge on any atom is 0.280 e. The molecule has 6 nitrogen and oxygen atoms in total. The van der Waals surface area contributed by atoms with Gasteiger partial charge in [0.15, 0.2) is 0 Å². The first kappa shape index (κ1) is 15.8. The van der Waals surface area contributed by atoms with Crippen LogP contribution in [-0.2, 0) is 0 Å². The number of piperidine rings is 1. The van der Waals surface area contributed by atoms with Gasteiger partial charge in [-0.25, -0.2) is 28.7 Å². The molecule has 136 valence electrons. The van der Waals surface area contributed by atoms with Crippen LogP contribution in [0.15, 0.2) is 18.5 Å². The number of piperazine rings is 1. The Hall–Kier alpha value is -2.38. The molecule has 5 heterocycles. The van der Waals surface area contributed by atoms with Crippen LogP contribution in [0.4, 0.5) is 20.4 Å². The molecule has 0 aromatic carbocycles. The summed E-state index contributed by atoms with van der Waals surface area (Å²) in [4.78, 5) is 21.7. The van der Waals surface area contributed by atoms with Crippen molar-refractivity contribution >= 4 is 11.6 Å². The first-order valence-electron chi connectivity index (χ1n) is 9.07. The van der Waals surface area contributed by atoms with E-state index in [0.717, 1.165) is 43.9 Å². The van der Waals surface area contributed by atoms with E-state index in [2.05, 4.69) is 29.7 Å². The Balaban J connectivity index is 1.40. The smallest absolute Gasteiger partial charge is 0.280 e. The van der Waals surface area contributed by atoms with E-state index in [9.17, 15) is 8.78 Å². The van der Waals surface area contributed by atoms with Crippen molar-refractivity contribution in [3.05, 3.63) is 35.7 Å². The lowest BCUT2D eigenvalue weighted by molar-refractivity contribution is 0.145. The van der Waals surface area contributed by atoms with E-state index in [1.165, 1.54) is 6.07 Å². The largest absolute Gasteiger partial charge is 0.352 e. The van der Waals surface area contributed by atoms with Gasteiger partial charge in [-0.3, -0.25) is 0 Å². The van der Waals surface area contributed by atoms with E-state index >= 15 is 0 Å². The lowest BCUT2D eigenvalue weighted by Crippen LogP contribution is -2.69. The highest BCUT2D eigenvalue weighted by Gasteiger charge is 2.46.